The molecule has 0 N–H and O–H groups in total. The molecule has 0 aliphatic carbocycles. The molecule has 74 valence electrons. The number of hydrogen-bond acceptors (Lipinski definition) is 3. The summed E-state index contributed by atoms with van der Waals surface area (Å²) in [6.07, 6.45) is 2.03. The second-order valence-corrected chi connectivity index (χ2v) is 5.04. The summed E-state index contributed by atoms with van der Waals surface area (Å²) in [5, 5.41) is 0. The summed E-state index contributed by atoms with van der Waals surface area (Å²) in [7, 11) is -3.26. The first kappa shape index (κ1) is 11.9. The van der Waals surface area contributed by atoms with Gasteiger partial charge in [0.05, 0.1) is 12.9 Å². The highest BCUT2D eigenvalue weighted by Gasteiger charge is 2.13. The zero-order valence-corrected chi connectivity index (χ0v) is 9.02. The van der Waals surface area contributed by atoms with Crippen molar-refractivity contribution in [3.8, 4) is 0 Å². The summed E-state index contributed by atoms with van der Waals surface area (Å²) >= 11 is 0. The Bertz CT molecular complexity index is 206. The Morgan fingerprint density at radius 3 is 2.08 bits per heavy atom. The highest BCUT2D eigenvalue weighted by Crippen LogP contribution is 2.15. The average Bonchev–Trinajstić information content (AvgIpc) is 1.85. The molecule has 0 bridgehead atoms. The Hall–Kier alpha value is -0.0900. The van der Waals surface area contributed by atoms with E-state index in [0.717, 1.165) is 12.7 Å². The molecule has 0 fully saturated rings. The van der Waals surface area contributed by atoms with Crippen LogP contribution in [0.2, 0.25) is 0 Å². The van der Waals surface area contributed by atoms with Gasteiger partial charge in [0.15, 0.2) is 0 Å². The lowest BCUT2D eigenvalue weighted by Gasteiger charge is -2.17. The summed E-state index contributed by atoms with van der Waals surface area (Å²) in [6, 6.07) is 0. The quantitative estimate of drug-likeness (QED) is 0.625. The van der Waals surface area contributed by atoms with E-state index in [1.54, 1.807) is 0 Å². The molecule has 3 nitrogen and oxygen atoms in total. The minimum atomic E-state index is -3.26. The Balaban J connectivity index is 3.90. The summed E-state index contributed by atoms with van der Waals surface area (Å²) in [5.41, 5.74) is 0. The maximum atomic E-state index is 10.7. The van der Waals surface area contributed by atoms with E-state index < -0.39 is 10.1 Å². The molecule has 0 saturated heterocycles. The largest absolute Gasteiger partial charge is 0.270 e. The molecule has 0 heterocycles. The van der Waals surface area contributed by atoms with E-state index in [1.165, 1.54) is 0 Å². The molecule has 1 unspecified atom stereocenters. The molecule has 0 aliphatic heterocycles. The van der Waals surface area contributed by atoms with E-state index >= 15 is 0 Å². The molecule has 0 aromatic rings. The molecule has 0 aromatic heterocycles. The van der Waals surface area contributed by atoms with Crippen LogP contribution in [0.5, 0.6) is 0 Å². The van der Waals surface area contributed by atoms with Gasteiger partial charge in [-0.05, 0) is 11.8 Å². The molecular formula is C8H18O3S. The molecule has 0 spiro atoms. The molecule has 0 aliphatic rings. The predicted octanol–water partition coefficient (Wildman–Crippen LogP) is 1.64. The molecule has 0 radical (unpaired) electrons. The molecule has 4 heteroatoms. The van der Waals surface area contributed by atoms with Crippen molar-refractivity contribution in [3.63, 3.8) is 0 Å². The Kier molecular flexibility index (Phi) is 4.78. The molecule has 0 saturated carbocycles. The zero-order valence-electron chi connectivity index (χ0n) is 8.20. The van der Waals surface area contributed by atoms with Gasteiger partial charge in [-0.25, -0.2) is 0 Å². The van der Waals surface area contributed by atoms with Crippen molar-refractivity contribution in [3.05, 3.63) is 0 Å². The third kappa shape index (κ3) is 5.55. The van der Waals surface area contributed by atoms with Crippen LogP contribution >= 0.6 is 0 Å². The Morgan fingerprint density at radius 2 is 1.83 bits per heavy atom. The second-order valence-electron chi connectivity index (χ2n) is 3.40. The van der Waals surface area contributed by atoms with Gasteiger partial charge >= 0.3 is 0 Å². The summed E-state index contributed by atoms with van der Waals surface area (Å²) in [4.78, 5) is 0. The smallest absolute Gasteiger partial charge is 0.264 e. The fourth-order valence-electron chi connectivity index (χ4n) is 0.993. The van der Waals surface area contributed by atoms with E-state index in [-0.39, 0.29) is 0 Å². The SMILES string of the molecule is CCC(COS(C)(=O)=O)C(C)C. The molecule has 1 atom stereocenters. The Morgan fingerprint density at radius 1 is 1.33 bits per heavy atom. The molecule has 0 rings (SSSR count). The van der Waals surface area contributed by atoms with Crippen molar-refractivity contribution < 1.29 is 12.6 Å². The monoisotopic (exact) mass is 194 g/mol. The van der Waals surface area contributed by atoms with Crippen molar-refractivity contribution >= 4 is 10.1 Å². The van der Waals surface area contributed by atoms with Crippen LogP contribution in [0.25, 0.3) is 0 Å². The first-order valence-corrected chi connectivity index (χ1v) is 6.03. The minimum absolute atomic E-state index is 0.312. The normalized spacial score (nSPS) is 15.1. The van der Waals surface area contributed by atoms with Crippen LogP contribution in [0.1, 0.15) is 27.2 Å². The van der Waals surface area contributed by atoms with Gasteiger partial charge in [-0.3, -0.25) is 4.18 Å². The van der Waals surface area contributed by atoms with Crippen molar-refractivity contribution in [1.82, 2.24) is 0 Å². The fourth-order valence-corrected chi connectivity index (χ4v) is 1.41. The topological polar surface area (TPSA) is 43.4 Å². The van der Waals surface area contributed by atoms with E-state index in [4.69, 9.17) is 4.18 Å². The van der Waals surface area contributed by atoms with Crippen LogP contribution in [-0.4, -0.2) is 21.3 Å². The maximum absolute atomic E-state index is 10.7. The van der Waals surface area contributed by atoms with Gasteiger partial charge < -0.3 is 0 Å². The van der Waals surface area contributed by atoms with E-state index in [0.29, 0.717) is 18.4 Å². The first-order valence-electron chi connectivity index (χ1n) is 4.21. The maximum Gasteiger partial charge on any atom is 0.264 e. The van der Waals surface area contributed by atoms with Gasteiger partial charge in [0.1, 0.15) is 0 Å². The van der Waals surface area contributed by atoms with Crippen molar-refractivity contribution in [1.29, 1.82) is 0 Å². The summed E-state index contributed by atoms with van der Waals surface area (Å²) in [6.45, 7) is 6.49. The first-order chi connectivity index (χ1) is 5.37. The summed E-state index contributed by atoms with van der Waals surface area (Å²) in [5.74, 6) is 0.802. The zero-order chi connectivity index (χ0) is 9.78. The summed E-state index contributed by atoms with van der Waals surface area (Å²) < 4.78 is 26.0. The third-order valence-corrected chi connectivity index (χ3v) is 2.53. The van der Waals surface area contributed by atoms with Crippen molar-refractivity contribution in [2.24, 2.45) is 11.8 Å². The van der Waals surface area contributed by atoms with E-state index in [1.807, 2.05) is 6.92 Å². The van der Waals surface area contributed by atoms with Gasteiger partial charge in [0.25, 0.3) is 10.1 Å². The van der Waals surface area contributed by atoms with E-state index in [9.17, 15) is 8.42 Å². The lowest BCUT2D eigenvalue weighted by atomic mass is 9.94. The fraction of sp³-hybridized carbons (Fsp3) is 1.00. The minimum Gasteiger partial charge on any atom is -0.270 e. The predicted molar refractivity (Wildman–Crippen MR) is 49.4 cm³/mol. The van der Waals surface area contributed by atoms with Gasteiger partial charge in [0, 0.05) is 0 Å². The lowest BCUT2D eigenvalue weighted by Crippen LogP contribution is -2.17. The number of hydrogen-bond donors (Lipinski definition) is 0. The van der Waals surface area contributed by atoms with Gasteiger partial charge in [0.2, 0.25) is 0 Å². The molecule has 0 aromatic carbocycles. The highest BCUT2D eigenvalue weighted by atomic mass is 32.2. The lowest BCUT2D eigenvalue weighted by molar-refractivity contribution is 0.212. The van der Waals surface area contributed by atoms with Crippen molar-refractivity contribution in [2.75, 3.05) is 12.9 Å². The third-order valence-electron chi connectivity index (χ3n) is 1.96. The molecular weight excluding hydrogens is 176 g/mol. The van der Waals surface area contributed by atoms with Crippen LogP contribution in [0.15, 0.2) is 0 Å². The number of rotatable bonds is 5. The van der Waals surface area contributed by atoms with Crippen LogP contribution in [0, 0.1) is 11.8 Å². The van der Waals surface area contributed by atoms with Gasteiger partial charge in [-0.15, -0.1) is 0 Å². The van der Waals surface area contributed by atoms with Crippen LogP contribution < -0.4 is 0 Å². The highest BCUT2D eigenvalue weighted by molar-refractivity contribution is 7.85. The molecule has 12 heavy (non-hydrogen) atoms. The average molecular weight is 194 g/mol. The molecule has 0 amide bonds. The van der Waals surface area contributed by atoms with Gasteiger partial charge in [-0.1, -0.05) is 27.2 Å². The Labute approximate surface area is 75.2 Å². The van der Waals surface area contributed by atoms with Crippen molar-refractivity contribution in [2.45, 2.75) is 27.2 Å². The van der Waals surface area contributed by atoms with Crippen LogP contribution in [0.3, 0.4) is 0 Å². The van der Waals surface area contributed by atoms with Crippen LogP contribution in [0.4, 0.5) is 0 Å². The second kappa shape index (κ2) is 4.82. The van der Waals surface area contributed by atoms with E-state index in [2.05, 4.69) is 13.8 Å². The van der Waals surface area contributed by atoms with Crippen LogP contribution in [-0.2, 0) is 14.3 Å². The standard InChI is InChI=1S/C8H18O3S/c1-5-8(7(2)3)6-11-12(4,9)10/h7-8H,5-6H2,1-4H3. The van der Waals surface area contributed by atoms with Gasteiger partial charge in [-0.2, -0.15) is 8.42 Å².